The van der Waals surface area contributed by atoms with Crippen molar-refractivity contribution in [2.24, 2.45) is 0 Å². The summed E-state index contributed by atoms with van der Waals surface area (Å²) in [6.07, 6.45) is 3.36. The maximum absolute atomic E-state index is 12.7. The first-order valence-corrected chi connectivity index (χ1v) is 8.05. The molecule has 28 heavy (non-hydrogen) atoms. The summed E-state index contributed by atoms with van der Waals surface area (Å²) < 4.78 is 41.7. The third-order valence-corrected chi connectivity index (χ3v) is 3.88. The van der Waals surface area contributed by atoms with Crippen molar-refractivity contribution in [1.29, 1.82) is 5.26 Å². The van der Waals surface area contributed by atoms with Gasteiger partial charge < -0.3 is 19.2 Å². The molecule has 0 aliphatic carbocycles. The molecule has 3 aromatic rings. The molecule has 0 atom stereocenters. The van der Waals surface area contributed by atoms with Crippen molar-refractivity contribution >= 4 is 11.6 Å². The number of nitrogens with one attached hydrogen (secondary N) is 1. The van der Waals surface area contributed by atoms with Crippen LogP contribution in [0.3, 0.4) is 0 Å². The second kappa shape index (κ2) is 7.84. The smallest absolute Gasteiger partial charge is 0.387 e. The van der Waals surface area contributed by atoms with Crippen LogP contribution in [0.2, 0.25) is 0 Å². The second-order valence-electron chi connectivity index (χ2n) is 5.61. The summed E-state index contributed by atoms with van der Waals surface area (Å²) in [5.74, 6) is -0.301. The highest BCUT2D eigenvalue weighted by molar-refractivity contribution is 6.07. The predicted molar refractivity (Wildman–Crippen MR) is 95.1 cm³/mol. The SMILES string of the molecule is COc1ccc(NC(=O)c2c(C)oc(-n3cccc3)c2C#N)cc1OC(F)F. The summed E-state index contributed by atoms with van der Waals surface area (Å²) in [4.78, 5) is 12.7. The molecule has 3 rings (SSSR count). The number of ether oxygens (including phenoxy) is 2. The normalized spacial score (nSPS) is 10.6. The minimum Gasteiger partial charge on any atom is -0.493 e. The van der Waals surface area contributed by atoms with E-state index >= 15 is 0 Å². The molecule has 2 aromatic heterocycles. The molecule has 1 amide bonds. The van der Waals surface area contributed by atoms with Crippen molar-refractivity contribution in [2.75, 3.05) is 12.4 Å². The lowest BCUT2D eigenvalue weighted by molar-refractivity contribution is -0.0511. The lowest BCUT2D eigenvalue weighted by atomic mass is 10.1. The standard InChI is InChI=1S/C19H15F2N3O4/c1-11-16(13(10-22)18(27-11)24-7-3-4-8-24)17(25)23-12-5-6-14(26-2)15(9-12)28-19(20)21/h3-9,19H,1-2H3,(H,23,25). The van der Waals surface area contributed by atoms with E-state index in [4.69, 9.17) is 9.15 Å². The number of halogens is 2. The van der Waals surface area contributed by atoms with Crippen LogP contribution in [0, 0.1) is 18.3 Å². The van der Waals surface area contributed by atoms with Crippen molar-refractivity contribution in [2.45, 2.75) is 13.5 Å². The maximum Gasteiger partial charge on any atom is 0.387 e. The van der Waals surface area contributed by atoms with Crippen LogP contribution in [-0.4, -0.2) is 24.2 Å². The second-order valence-corrected chi connectivity index (χ2v) is 5.61. The number of hydrogen-bond acceptors (Lipinski definition) is 5. The number of aryl methyl sites for hydroxylation is 1. The van der Waals surface area contributed by atoms with Gasteiger partial charge in [-0.05, 0) is 31.2 Å². The molecule has 2 heterocycles. The summed E-state index contributed by atoms with van der Waals surface area (Å²) >= 11 is 0. The van der Waals surface area contributed by atoms with Crippen LogP contribution in [0.5, 0.6) is 11.5 Å². The molecular formula is C19H15F2N3O4. The molecule has 9 heteroatoms. The Morgan fingerprint density at radius 3 is 2.61 bits per heavy atom. The van der Waals surface area contributed by atoms with E-state index in [9.17, 15) is 18.8 Å². The van der Waals surface area contributed by atoms with Crippen LogP contribution >= 0.6 is 0 Å². The average molecular weight is 387 g/mol. The van der Waals surface area contributed by atoms with Crippen LogP contribution in [0.4, 0.5) is 14.5 Å². The van der Waals surface area contributed by atoms with E-state index in [2.05, 4.69) is 10.1 Å². The Labute approximate surface area is 158 Å². The van der Waals surface area contributed by atoms with E-state index < -0.39 is 12.5 Å². The summed E-state index contributed by atoms with van der Waals surface area (Å²) in [5.41, 5.74) is 0.301. The lowest BCUT2D eigenvalue weighted by Crippen LogP contribution is -2.14. The quantitative estimate of drug-likeness (QED) is 0.687. The molecule has 0 unspecified atom stereocenters. The Hall–Kier alpha value is -3.80. The number of nitrogens with zero attached hydrogens (tertiary/aromatic N) is 2. The largest absolute Gasteiger partial charge is 0.493 e. The molecule has 0 aliphatic rings. The highest BCUT2D eigenvalue weighted by atomic mass is 19.3. The van der Waals surface area contributed by atoms with E-state index in [-0.39, 0.29) is 40.0 Å². The number of hydrogen-bond donors (Lipinski definition) is 1. The zero-order valence-corrected chi connectivity index (χ0v) is 14.9. The Morgan fingerprint density at radius 1 is 1.29 bits per heavy atom. The fraction of sp³-hybridized carbons (Fsp3) is 0.158. The monoisotopic (exact) mass is 387 g/mol. The number of aromatic nitrogens is 1. The van der Waals surface area contributed by atoms with E-state index in [1.165, 1.54) is 25.3 Å². The molecule has 0 saturated carbocycles. The van der Waals surface area contributed by atoms with Gasteiger partial charge >= 0.3 is 6.61 Å². The summed E-state index contributed by atoms with van der Waals surface area (Å²) in [7, 11) is 1.31. The molecule has 0 radical (unpaired) electrons. The van der Waals surface area contributed by atoms with Crippen molar-refractivity contribution < 1.29 is 27.5 Å². The van der Waals surface area contributed by atoms with Crippen molar-refractivity contribution in [3.63, 3.8) is 0 Å². The molecule has 1 N–H and O–H groups in total. The topological polar surface area (TPSA) is 89.4 Å². The van der Waals surface area contributed by atoms with Crippen LogP contribution < -0.4 is 14.8 Å². The van der Waals surface area contributed by atoms with Gasteiger partial charge in [0.05, 0.1) is 7.11 Å². The molecule has 1 aromatic carbocycles. The number of methoxy groups -OCH3 is 1. The summed E-state index contributed by atoms with van der Waals surface area (Å²) in [6.45, 7) is -1.49. The Morgan fingerprint density at radius 2 is 2.00 bits per heavy atom. The molecule has 0 fully saturated rings. The average Bonchev–Trinajstić information content (AvgIpc) is 3.28. The van der Waals surface area contributed by atoms with E-state index in [1.807, 2.05) is 6.07 Å². The zero-order valence-electron chi connectivity index (χ0n) is 14.9. The number of carbonyl (C=O) groups is 1. The highest BCUT2D eigenvalue weighted by Gasteiger charge is 2.25. The van der Waals surface area contributed by atoms with Crippen molar-refractivity contribution in [3.05, 3.63) is 59.6 Å². The van der Waals surface area contributed by atoms with Gasteiger partial charge in [-0.25, -0.2) is 0 Å². The number of furan rings is 1. The first kappa shape index (κ1) is 19.0. The van der Waals surface area contributed by atoms with Crippen LogP contribution in [0.1, 0.15) is 21.7 Å². The van der Waals surface area contributed by atoms with Crippen molar-refractivity contribution in [1.82, 2.24) is 4.57 Å². The van der Waals surface area contributed by atoms with Gasteiger partial charge in [0.15, 0.2) is 11.5 Å². The first-order chi connectivity index (χ1) is 13.4. The minimum absolute atomic E-state index is 0.0540. The number of nitriles is 1. The lowest BCUT2D eigenvalue weighted by Gasteiger charge is -2.12. The number of rotatable bonds is 6. The summed E-state index contributed by atoms with van der Waals surface area (Å²) in [5, 5.41) is 12.1. The Bertz CT molecular complexity index is 1040. The van der Waals surface area contributed by atoms with Gasteiger partial charge in [-0.2, -0.15) is 14.0 Å². The highest BCUT2D eigenvalue weighted by Crippen LogP contribution is 2.32. The predicted octanol–water partition coefficient (Wildman–Crippen LogP) is 4.11. The number of anilines is 1. The van der Waals surface area contributed by atoms with E-state index in [0.717, 1.165) is 0 Å². The van der Waals surface area contributed by atoms with Crippen LogP contribution in [0.25, 0.3) is 5.88 Å². The number of carbonyl (C=O) groups excluding carboxylic acids is 1. The van der Waals surface area contributed by atoms with E-state index in [0.29, 0.717) is 0 Å². The van der Waals surface area contributed by atoms with Gasteiger partial charge in [0.2, 0.25) is 5.88 Å². The van der Waals surface area contributed by atoms with Gasteiger partial charge in [0.1, 0.15) is 23.0 Å². The van der Waals surface area contributed by atoms with Crippen molar-refractivity contribution in [3.8, 4) is 23.5 Å². The molecule has 7 nitrogen and oxygen atoms in total. The van der Waals surface area contributed by atoms with Gasteiger partial charge in [-0.15, -0.1) is 0 Å². The summed E-state index contributed by atoms with van der Waals surface area (Å²) in [6, 6.07) is 9.53. The Balaban J connectivity index is 1.93. The molecule has 0 spiro atoms. The molecule has 0 saturated heterocycles. The van der Waals surface area contributed by atoms with Gasteiger partial charge in [-0.3, -0.25) is 9.36 Å². The fourth-order valence-corrected chi connectivity index (χ4v) is 2.70. The number of benzene rings is 1. The van der Waals surface area contributed by atoms with Gasteiger partial charge in [-0.1, -0.05) is 0 Å². The molecule has 0 bridgehead atoms. The fourth-order valence-electron chi connectivity index (χ4n) is 2.70. The number of alkyl halides is 2. The Kier molecular flexibility index (Phi) is 5.31. The van der Waals surface area contributed by atoms with E-state index in [1.54, 1.807) is 36.0 Å². The number of amides is 1. The third kappa shape index (κ3) is 3.66. The minimum atomic E-state index is -3.05. The zero-order chi connectivity index (χ0) is 20.3. The van der Waals surface area contributed by atoms with Crippen LogP contribution in [-0.2, 0) is 0 Å². The maximum atomic E-state index is 12.7. The molecular weight excluding hydrogens is 372 g/mol. The first-order valence-electron chi connectivity index (χ1n) is 8.05. The van der Waals surface area contributed by atoms with Gasteiger partial charge in [0, 0.05) is 24.1 Å². The van der Waals surface area contributed by atoms with Crippen LogP contribution in [0.15, 0.2) is 47.1 Å². The molecule has 144 valence electrons. The van der Waals surface area contributed by atoms with Gasteiger partial charge in [0.25, 0.3) is 5.91 Å². The third-order valence-electron chi connectivity index (χ3n) is 3.88. The molecule has 0 aliphatic heterocycles.